The first-order valence-corrected chi connectivity index (χ1v) is 9.43. The molecular weight excluding hydrogens is 583 g/mol. The zero-order valence-electron chi connectivity index (χ0n) is 18.6. The third-order valence-corrected chi connectivity index (χ3v) is 3.78. The third-order valence-electron chi connectivity index (χ3n) is 3.78. The van der Waals surface area contributed by atoms with E-state index in [0.29, 0.717) is 11.4 Å². The van der Waals surface area contributed by atoms with Crippen molar-refractivity contribution in [3.8, 4) is 0 Å². The number of aliphatic carboxylic acids is 2. The normalized spacial score (nSPS) is 10.7. The average molecular weight is 612 g/mol. The molecule has 18 heteroatoms. The average Bonchev–Trinajstić information content (AvgIpc) is 3.42. The molecule has 2 aromatic heterocycles. The summed E-state index contributed by atoms with van der Waals surface area (Å²) >= 11 is 0. The number of carboxylic acid groups (broad SMARTS) is 2. The third kappa shape index (κ3) is 16.7. The second-order valence-corrected chi connectivity index (χ2v) is 6.32. The van der Waals surface area contributed by atoms with Crippen LogP contribution in [0, 0.1) is 0 Å². The molecule has 0 bridgehead atoms. The van der Waals surface area contributed by atoms with Crippen molar-refractivity contribution >= 4 is 23.8 Å². The van der Waals surface area contributed by atoms with Crippen molar-refractivity contribution in [2.75, 3.05) is 13.1 Å². The Bertz CT molecular complexity index is 785. The topological polar surface area (TPSA) is 305 Å². The number of rotatable bonds is 12. The van der Waals surface area contributed by atoms with E-state index in [0.717, 1.165) is 0 Å². The fourth-order valence-electron chi connectivity index (χ4n) is 2.28. The van der Waals surface area contributed by atoms with Crippen molar-refractivity contribution in [1.29, 1.82) is 0 Å². The van der Waals surface area contributed by atoms with Crippen molar-refractivity contribution in [3.05, 3.63) is 58.5 Å². The molecular formula is C18H28Cu2N8O8. The fourth-order valence-corrected chi connectivity index (χ4v) is 2.28. The number of amides is 2. The van der Waals surface area contributed by atoms with Crippen LogP contribution in [0.3, 0.4) is 0 Å². The van der Waals surface area contributed by atoms with Crippen LogP contribution >= 0.6 is 0 Å². The summed E-state index contributed by atoms with van der Waals surface area (Å²) in [6, 6.07) is -2.22. The van der Waals surface area contributed by atoms with E-state index in [1.165, 1.54) is 25.0 Å². The van der Waals surface area contributed by atoms with E-state index in [2.05, 4.69) is 30.6 Å². The van der Waals surface area contributed by atoms with Gasteiger partial charge in [-0.25, -0.2) is 9.97 Å². The number of aromatic amines is 2. The molecule has 0 fully saturated rings. The maximum absolute atomic E-state index is 11.1. The van der Waals surface area contributed by atoms with Gasteiger partial charge in [-0.1, -0.05) is 0 Å². The van der Waals surface area contributed by atoms with Gasteiger partial charge in [0, 0.05) is 35.6 Å². The van der Waals surface area contributed by atoms with Crippen molar-refractivity contribution in [1.82, 2.24) is 19.9 Å². The predicted octanol–water partition coefficient (Wildman–Crippen LogP) is -0.158. The number of carbonyl (C=O) groups is 4. The van der Waals surface area contributed by atoms with Gasteiger partial charge in [0.05, 0.1) is 12.7 Å². The first kappa shape index (κ1) is 40.4. The summed E-state index contributed by atoms with van der Waals surface area (Å²) in [6.07, 6.45) is 5.93. The van der Waals surface area contributed by atoms with Gasteiger partial charge in [-0.05, 0) is 37.8 Å². The van der Waals surface area contributed by atoms with Crippen molar-refractivity contribution in [2.45, 2.75) is 37.8 Å². The van der Waals surface area contributed by atoms with Crippen LogP contribution in [-0.2, 0) is 66.2 Å². The van der Waals surface area contributed by atoms with Crippen molar-refractivity contribution in [3.63, 3.8) is 0 Å². The summed E-state index contributed by atoms with van der Waals surface area (Å²) in [4.78, 5) is 56.9. The first-order valence-electron chi connectivity index (χ1n) is 9.43. The molecule has 0 aromatic carbocycles. The number of hydrogen-bond donors (Lipinski definition) is 4. The molecule has 0 aliphatic rings. The van der Waals surface area contributed by atoms with E-state index in [1.54, 1.807) is 0 Å². The minimum Gasteiger partial charge on any atom is -0.677 e. The van der Waals surface area contributed by atoms with Gasteiger partial charge in [0.1, 0.15) is 0 Å². The molecule has 2 aromatic rings. The predicted molar refractivity (Wildman–Crippen MR) is 119 cm³/mol. The van der Waals surface area contributed by atoms with Gasteiger partial charge in [-0.3, -0.25) is 9.59 Å². The van der Waals surface area contributed by atoms with Gasteiger partial charge in [0.2, 0.25) is 0 Å². The van der Waals surface area contributed by atoms with Crippen LogP contribution in [0.25, 0.3) is 22.1 Å². The first-order chi connectivity index (χ1) is 15.3. The molecule has 2 atom stereocenters. The SMILES string of the molecule is O.O.[Cu+2].[Cu+2].[NH-]CCC(=O)[N-]C(Cc1cnc[nH]1)C(=O)O.[NH-]CCC(=O)[N-]C(Cc1cnc[nH]1)C(=O)O. The van der Waals surface area contributed by atoms with Gasteiger partial charge in [-0.2, -0.15) is 0 Å². The summed E-state index contributed by atoms with van der Waals surface area (Å²) in [7, 11) is 0. The van der Waals surface area contributed by atoms with E-state index in [-0.39, 0.29) is 83.9 Å². The second kappa shape index (κ2) is 22.6. The Morgan fingerprint density at radius 1 is 0.778 bits per heavy atom. The Kier molecular flexibility index (Phi) is 25.4. The maximum Gasteiger partial charge on any atom is 2.00 e. The number of aromatic nitrogens is 4. The zero-order valence-corrected chi connectivity index (χ0v) is 20.5. The molecule has 2 heterocycles. The number of nitrogens with zero attached hydrogens (tertiary/aromatic N) is 4. The van der Waals surface area contributed by atoms with Crippen molar-refractivity contribution < 1.29 is 74.5 Å². The van der Waals surface area contributed by atoms with Crippen LogP contribution in [0.1, 0.15) is 24.2 Å². The summed E-state index contributed by atoms with van der Waals surface area (Å²) in [5.41, 5.74) is 14.9. The van der Waals surface area contributed by atoms with Crippen LogP contribution in [0.15, 0.2) is 25.0 Å². The molecule has 2 radical (unpaired) electrons. The van der Waals surface area contributed by atoms with Crippen LogP contribution in [-0.4, -0.2) is 90.0 Å². The molecule has 10 N–H and O–H groups in total. The zero-order chi connectivity index (χ0) is 23.9. The number of H-pyrrole nitrogens is 2. The number of hydrogen-bond acceptors (Lipinski definition) is 6. The van der Waals surface area contributed by atoms with Crippen LogP contribution < -0.4 is 0 Å². The Morgan fingerprint density at radius 3 is 1.33 bits per heavy atom. The molecule has 2 rings (SSSR count). The smallest absolute Gasteiger partial charge is 0.677 e. The Balaban J connectivity index is -0.000000256. The molecule has 2 unspecified atom stereocenters. The van der Waals surface area contributed by atoms with E-state index in [4.69, 9.17) is 21.7 Å². The number of carboxylic acids is 2. The quantitative estimate of drug-likeness (QED) is 0.233. The molecule has 0 spiro atoms. The monoisotopic (exact) mass is 610 g/mol. The fraction of sp³-hybridized carbons (Fsp3) is 0.444. The summed E-state index contributed by atoms with van der Waals surface area (Å²) in [5, 5.41) is 24.8. The van der Waals surface area contributed by atoms with E-state index < -0.39 is 35.8 Å². The molecule has 0 saturated carbocycles. The van der Waals surface area contributed by atoms with Crippen LogP contribution in [0.5, 0.6) is 0 Å². The second-order valence-electron chi connectivity index (χ2n) is 6.32. The minimum absolute atomic E-state index is 0. The molecule has 0 aliphatic heterocycles. The standard InChI is InChI=1S/2C9H13N4O3.2Cu.2H2O/c2*10-2-1-8(14)13-7(9(15)16)3-6-4-11-5-12-6;;;;/h2*4-5,7,10H,1-3H2,(H3,11,12,13,14,15,16);;;2*1H2/q2*-1;2*+2;;/p-2. The van der Waals surface area contributed by atoms with Crippen LogP contribution in [0.4, 0.5) is 0 Å². The minimum atomic E-state index is -1.16. The molecule has 210 valence electrons. The molecule has 16 nitrogen and oxygen atoms in total. The summed E-state index contributed by atoms with van der Waals surface area (Å²) in [5.74, 6) is -3.43. The molecule has 0 saturated heterocycles. The van der Waals surface area contributed by atoms with Crippen molar-refractivity contribution in [2.24, 2.45) is 0 Å². The molecule has 36 heavy (non-hydrogen) atoms. The molecule has 2 amide bonds. The maximum atomic E-state index is 11.1. The number of imidazole rings is 2. The Hall–Kier alpha value is -2.82. The summed E-state index contributed by atoms with van der Waals surface area (Å²) in [6.45, 7) is -0.169. The van der Waals surface area contributed by atoms with Gasteiger partial charge in [0.15, 0.2) is 0 Å². The number of carbonyl (C=O) groups excluding carboxylic acids is 2. The van der Waals surface area contributed by atoms with Gasteiger partial charge in [0.25, 0.3) is 11.9 Å². The Labute approximate surface area is 227 Å². The van der Waals surface area contributed by atoms with Gasteiger partial charge in [-0.15, -0.1) is 13.1 Å². The summed E-state index contributed by atoms with van der Waals surface area (Å²) < 4.78 is 0. The largest absolute Gasteiger partial charge is 2.00 e. The van der Waals surface area contributed by atoms with E-state index >= 15 is 0 Å². The van der Waals surface area contributed by atoms with Gasteiger partial charge < -0.3 is 62.8 Å². The van der Waals surface area contributed by atoms with E-state index in [1.807, 2.05) is 0 Å². The van der Waals surface area contributed by atoms with Crippen LogP contribution in [0.2, 0.25) is 0 Å². The molecule has 0 aliphatic carbocycles. The van der Waals surface area contributed by atoms with E-state index in [9.17, 15) is 19.2 Å². The Morgan fingerprint density at radius 2 is 1.11 bits per heavy atom. The van der Waals surface area contributed by atoms with Gasteiger partial charge >= 0.3 is 34.1 Å². The number of nitrogens with one attached hydrogen (secondary N) is 4.